The molecule has 1 aliphatic rings. The normalized spacial score (nSPS) is 15.1. The fraction of sp³-hybridized carbons (Fsp3) is 0.381. The molecule has 0 unspecified atom stereocenters. The monoisotopic (exact) mass is 386 g/mol. The SMILES string of the molecule is CCNC(=NCc1ccccc1CO)N1CCN(c2cccc(Cl)c2)CC1. The standard InChI is InChI=1S/C21H27ClN4O/c1-2-23-21(24-15-17-6-3-4-7-18(17)16-27)26-12-10-25(11-13-26)20-9-5-8-19(22)14-20/h3-9,14,27H,2,10-13,15-16H2,1H3,(H,23,24). The number of halogens is 1. The molecule has 0 aliphatic carbocycles. The van der Waals surface area contributed by atoms with E-state index in [0.717, 1.165) is 54.8 Å². The second-order valence-electron chi connectivity index (χ2n) is 6.55. The molecule has 6 heteroatoms. The summed E-state index contributed by atoms with van der Waals surface area (Å²) in [5, 5.41) is 13.7. The van der Waals surface area contributed by atoms with Gasteiger partial charge in [0.2, 0.25) is 0 Å². The number of nitrogens with zero attached hydrogens (tertiary/aromatic N) is 3. The van der Waals surface area contributed by atoms with E-state index in [4.69, 9.17) is 16.6 Å². The minimum absolute atomic E-state index is 0.0422. The van der Waals surface area contributed by atoms with Crippen LogP contribution in [0, 0.1) is 0 Å². The maximum atomic E-state index is 9.50. The second-order valence-corrected chi connectivity index (χ2v) is 6.99. The summed E-state index contributed by atoms with van der Waals surface area (Å²) < 4.78 is 0. The highest BCUT2D eigenvalue weighted by atomic mass is 35.5. The van der Waals surface area contributed by atoms with Gasteiger partial charge in [0, 0.05) is 43.4 Å². The Bertz CT molecular complexity index is 772. The molecular weight excluding hydrogens is 360 g/mol. The molecule has 27 heavy (non-hydrogen) atoms. The van der Waals surface area contributed by atoms with Crippen molar-refractivity contribution >= 4 is 23.2 Å². The van der Waals surface area contributed by atoms with E-state index >= 15 is 0 Å². The molecule has 1 heterocycles. The molecule has 0 radical (unpaired) electrons. The Hall–Kier alpha value is -2.24. The van der Waals surface area contributed by atoms with Gasteiger partial charge in [-0.3, -0.25) is 0 Å². The minimum atomic E-state index is 0.0422. The van der Waals surface area contributed by atoms with E-state index in [1.165, 1.54) is 5.69 Å². The molecule has 0 bridgehead atoms. The van der Waals surface area contributed by atoms with Crippen LogP contribution in [0.5, 0.6) is 0 Å². The summed E-state index contributed by atoms with van der Waals surface area (Å²) in [4.78, 5) is 9.46. The van der Waals surface area contributed by atoms with Gasteiger partial charge in [-0.05, 0) is 36.2 Å². The largest absolute Gasteiger partial charge is 0.392 e. The van der Waals surface area contributed by atoms with E-state index in [2.05, 4.69) is 28.1 Å². The van der Waals surface area contributed by atoms with E-state index < -0.39 is 0 Å². The summed E-state index contributed by atoms with van der Waals surface area (Å²) in [6.45, 7) is 7.18. The van der Waals surface area contributed by atoms with Crippen LogP contribution >= 0.6 is 11.6 Å². The van der Waals surface area contributed by atoms with E-state index in [1.54, 1.807) is 0 Å². The van der Waals surface area contributed by atoms with Crippen molar-refractivity contribution in [1.82, 2.24) is 10.2 Å². The summed E-state index contributed by atoms with van der Waals surface area (Å²) in [7, 11) is 0. The molecule has 2 aromatic carbocycles. The van der Waals surface area contributed by atoms with Crippen LogP contribution in [0.25, 0.3) is 0 Å². The first-order chi connectivity index (χ1) is 13.2. The van der Waals surface area contributed by atoms with Gasteiger partial charge in [-0.15, -0.1) is 0 Å². The Morgan fingerprint density at radius 3 is 2.48 bits per heavy atom. The number of piperazine rings is 1. The quantitative estimate of drug-likeness (QED) is 0.612. The first-order valence-electron chi connectivity index (χ1n) is 9.42. The summed E-state index contributed by atoms with van der Waals surface area (Å²) in [5.74, 6) is 0.927. The molecule has 0 atom stereocenters. The third-order valence-corrected chi connectivity index (χ3v) is 5.01. The molecule has 1 aliphatic heterocycles. The first-order valence-corrected chi connectivity index (χ1v) is 9.80. The van der Waals surface area contributed by atoms with Gasteiger partial charge >= 0.3 is 0 Å². The van der Waals surface area contributed by atoms with Gasteiger partial charge in [0.1, 0.15) is 0 Å². The van der Waals surface area contributed by atoms with Crippen molar-refractivity contribution in [2.24, 2.45) is 4.99 Å². The molecule has 144 valence electrons. The second kappa shape index (κ2) is 9.62. The van der Waals surface area contributed by atoms with Crippen LogP contribution in [0.4, 0.5) is 5.69 Å². The third-order valence-electron chi connectivity index (χ3n) is 4.78. The highest BCUT2D eigenvalue weighted by molar-refractivity contribution is 6.30. The lowest BCUT2D eigenvalue weighted by Crippen LogP contribution is -2.52. The summed E-state index contributed by atoms with van der Waals surface area (Å²) >= 11 is 6.12. The number of hydrogen-bond donors (Lipinski definition) is 2. The average molecular weight is 387 g/mol. The van der Waals surface area contributed by atoms with E-state index in [1.807, 2.05) is 42.5 Å². The maximum Gasteiger partial charge on any atom is 0.194 e. The van der Waals surface area contributed by atoms with Gasteiger partial charge in [-0.25, -0.2) is 4.99 Å². The zero-order valence-electron chi connectivity index (χ0n) is 15.7. The van der Waals surface area contributed by atoms with Crippen molar-refractivity contribution in [2.75, 3.05) is 37.6 Å². The number of aliphatic imine (C=N–C) groups is 1. The molecule has 0 saturated carbocycles. The summed E-state index contributed by atoms with van der Waals surface area (Å²) in [5.41, 5.74) is 3.16. The van der Waals surface area contributed by atoms with Gasteiger partial charge in [0.05, 0.1) is 13.2 Å². The predicted octanol–water partition coefficient (Wildman–Crippen LogP) is 3.12. The summed E-state index contributed by atoms with van der Waals surface area (Å²) in [6, 6.07) is 15.9. The number of aliphatic hydroxyl groups is 1. The molecule has 2 aromatic rings. The molecule has 5 nitrogen and oxygen atoms in total. The number of hydrogen-bond acceptors (Lipinski definition) is 3. The van der Waals surface area contributed by atoms with Crippen LogP contribution < -0.4 is 10.2 Å². The van der Waals surface area contributed by atoms with Gasteiger partial charge in [-0.2, -0.15) is 0 Å². The van der Waals surface area contributed by atoms with Gasteiger partial charge in [0.15, 0.2) is 5.96 Å². The molecule has 2 N–H and O–H groups in total. The lowest BCUT2D eigenvalue weighted by Gasteiger charge is -2.37. The Kier molecular flexibility index (Phi) is 6.96. The van der Waals surface area contributed by atoms with Crippen molar-refractivity contribution < 1.29 is 5.11 Å². The fourth-order valence-corrected chi connectivity index (χ4v) is 3.49. The van der Waals surface area contributed by atoms with Gasteiger partial charge < -0.3 is 20.2 Å². The van der Waals surface area contributed by atoms with Crippen molar-refractivity contribution in [1.29, 1.82) is 0 Å². The van der Waals surface area contributed by atoms with Crippen molar-refractivity contribution in [3.63, 3.8) is 0 Å². The highest BCUT2D eigenvalue weighted by Crippen LogP contribution is 2.21. The lowest BCUT2D eigenvalue weighted by atomic mass is 10.1. The zero-order valence-corrected chi connectivity index (χ0v) is 16.5. The van der Waals surface area contributed by atoms with Gasteiger partial charge in [-0.1, -0.05) is 41.9 Å². The molecule has 0 aromatic heterocycles. The van der Waals surface area contributed by atoms with Crippen molar-refractivity contribution in [2.45, 2.75) is 20.1 Å². The zero-order chi connectivity index (χ0) is 19.1. The molecule has 1 fully saturated rings. The number of rotatable bonds is 5. The Morgan fingerprint density at radius 2 is 1.81 bits per heavy atom. The van der Waals surface area contributed by atoms with Crippen molar-refractivity contribution in [3.05, 3.63) is 64.7 Å². The fourth-order valence-electron chi connectivity index (χ4n) is 3.30. The minimum Gasteiger partial charge on any atom is -0.392 e. The Labute approximate surface area is 166 Å². The number of nitrogens with one attached hydrogen (secondary N) is 1. The van der Waals surface area contributed by atoms with Crippen molar-refractivity contribution in [3.8, 4) is 0 Å². The van der Waals surface area contributed by atoms with Crippen LogP contribution in [-0.4, -0.2) is 48.7 Å². The van der Waals surface area contributed by atoms with Crippen LogP contribution in [0.2, 0.25) is 5.02 Å². The van der Waals surface area contributed by atoms with Gasteiger partial charge in [0.25, 0.3) is 0 Å². The van der Waals surface area contributed by atoms with E-state index in [-0.39, 0.29) is 6.61 Å². The van der Waals surface area contributed by atoms with E-state index in [9.17, 15) is 5.11 Å². The number of aliphatic hydroxyl groups excluding tert-OH is 1. The molecule has 0 spiro atoms. The maximum absolute atomic E-state index is 9.50. The smallest absolute Gasteiger partial charge is 0.194 e. The molecule has 1 saturated heterocycles. The number of guanidine groups is 1. The van der Waals surface area contributed by atoms with Crippen LogP contribution in [0.15, 0.2) is 53.5 Å². The molecule has 3 rings (SSSR count). The first kappa shape index (κ1) is 19.5. The topological polar surface area (TPSA) is 51.1 Å². The van der Waals surface area contributed by atoms with Crippen LogP contribution in [0.3, 0.4) is 0 Å². The van der Waals surface area contributed by atoms with Crippen LogP contribution in [-0.2, 0) is 13.2 Å². The predicted molar refractivity (Wildman–Crippen MR) is 112 cm³/mol. The number of anilines is 1. The average Bonchev–Trinajstić information content (AvgIpc) is 2.71. The van der Waals surface area contributed by atoms with Crippen LogP contribution in [0.1, 0.15) is 18.1 Å². The highest BCUT2D eigenvalue weighted by Gasteiger charge is 2.20. The number of benzene rings is 2. The summed E-state index contributed by atoms with van der Waals surface area (Å²) in [6.07, 6.45) is 0. The van der Waals surface area contributed by atoms with E-state index in [0.29, 0.717) is 6.54 Å². The molecular formula is C21H27ClN4O. The molecule has 0 amide bonds. The Balaban J connectivity index is 1.65. The third kappa shape index (κ3) is 5.15. The Morgan fingerprint density at radius 1 is 1.07 bits per heavy atom. The lowest BCUT2D eigenvalue weighted by molar-refractivity contribution is 0.280.